The second-order valence-electron chi connectivity index (χ2n) is 7.12. The fraction of sp³-hybridized carbons (Fsp3) is 0.333. The molecule has 0 bridgehead atoms. The average molecular weight is 308 g/mol. The van der Waals surface area contributed by atoms with Gasteiger partial charge in [0.2, 0.25) is 0 Å². The minimum Gasteiger partial charge on any atom is -0.300 e. The van der Waals surface area contributed by atoms with Crippen molar-refractivity contribution in [1.29, 1.82) is 0 Å². The summed E-state index contributed by atoms with van der Waals surface area (Å²) in [6.45, 7) is 8.10. The van der Waals surface area contributed by atoms with E-state index in [1.54, 1.807) is 6.92 Å². The summed E-state index contributed by atoms with van der Waals surface area (Å²) < 4.78 is 0. The smallest absolute Gasteiger partial charge is 0.167 e. The van der Waals surface area contributed by atoms with Crippen LogP contribution in [0.1, 0.15) is 54.7 Å². The summed E-state index contributed by atoms with van der Waals surface area (Å²) >= 11 is 0. The van der Waals surface area contributed by atoms with E-state index in [1.807, 2.05) is 36.4 Å². The van der Waals surface area contributed by atoms with Gasteiger partial charge in [0.15, 0.2) is 5.78 Å². The van der Waals surface area contributed by atoms with Crippen molar-refractivity contribution in [3.8, 4) is 0 Å². The molecule has 0 aliphatic heterocycles. The molecule has 0 atom stereocenters. The van der Waals surface area contributed by atoms with Crippen LogP contribution in [0.5, 0.6) is 0 Å². The van der Waals surface area contributed by atoms with Gasteiger partial charge in [-0.15, -0.1) is 0 Å². The summed E-state index contributed by atoms with van der Waals surface area (Å²) in [6.07, 6.45) is 0.819. The number of carbonyl (C=O) groups is 2. The summed E-state index contributed by atoms with van der Waals surface area (Å²) in [6, 6.07) is 15.6. The predicted octanol–water partition coefficient (Wildman–Crippen LogP) is 4.54. The number of ketones is 2. The van der Waals surface area contributed by atoms with Crippen LogP contribution in [0.3, 0.4) is 0 Å². The Kier molecular flexibility index (Phi) is 5.15. The molecule has 2 heteroatoms. The van der Waals surface area contributed by atoms with Gasteiger partial charge in [-0.2, -0.15) is 0 Å². The summed E-state index contributed by atoms with van der Waals surface area (Å²) in [7, 11) is 0. The maximum Gasteiger partial charge on any atom is 0.167 e. The van der Waals surface area contributed by atoms with Gasteiger partial charge in [0, 0.05) is 18.4 Å². The van der Waals surface area contributed by atoms with E-state index < -0.39 is 0 Å². The normalized spacial score (nSPS) is 11.3. The Hall–Kier alpha value is -2.22. The molecule has 0 heterocycles. The van der Waals surface area contributed by atoms with Gasteiger partial charge in [-0.3, -0.25) is 9.59 Å². The molecule has 2 aromatic rings. The molecule has 0 aliphatic carbocycles. The standard InChI is InChI=1S/C21H24O2/c1-15(22)13-16-5-9-18(10-6-16)20(23)14-17-7-11-19(12-8-17)21(2,3)4/h5-12H,13-14H2,1-4H3. The first kappa shape index (κ1) is 17.1. The number of hydrogen-bond donors (Lipinski definition) is 0. The van der Waals surface area contributed by atoms with E-state index in [1.165, 1.54) is 5.56 Å². The van der Waals surface area contributed by atoms with Crippen LogP contribution in [0.25, 0.3) is 0 Å². The van der Waals surface area contributed by atoms with E-state index in [0.29, 0.717) is 18.4 Å². The zero-order valence-electron chi connectivity index (χ0n) is 14.3. The molecule has 0 N–H and O–H groups in total. The predicted molar refractivity (Wildman–Crippen MR) is 94.0 cm³/mol. The Balaban J connectivity index is 2.05. The van der Waals surface area contributed by atoms with Crippen LogP contribution in [0, 0.1) is 0 Å². The zero-order valence-corrected chi connectivity index (χ0v) is 14.3. The first-order valence-electron chi connectivity index (χ1n) is 7.97. The first-order chi connectivity index (χ1) is 10.8. The number of benzene rings is 2. The molecule has 0 saturated heterocycles. The van der Waals surface area contributed by atoms with Gasteiger partial charge in [0.1, 0.15) is 5.78 Å². The molecular weight excluding hydrogens is 284 g/mol. The van der Waals surface area contributed by atoms with Crippen LogP contribution in [0.15, 0.2) is 48.5 Å². The SMILES string of the molecule is CC(=O)Cc1ccc(C(=O)Cc2ccc(C(C)(C)C)cc2)cc1. The van der Waals surface area contributed by atoms with Crippen molar-refractivity contribution in [2.45, 2.75) is 46.0 Å². The highest BCUT2D eigenvalue weighted by Gasteiger charge is 2.13. The van der Waals surface area contributed by atoms with Crippen LogP contribution in [0.4, 0.5) is 0 Å². The van der Waals surface area contributed by atoms with E-state index in [4.69, 9.17) is 0 Å². The van der Waals surface area contributed by atoms with Crippen molar-refractivity contribution in [2.24, 2.45) is 0 Å². The third-order valence-corrected chi connectivity index (χ3v) is 3.91. The van der Waals surface area contributed by atoms with Gasteiger partial charge < -0.3 is 0 Å². The fourth-order valence-corrected chi connectivity index (χ4v) is 2.51. The molecule has 0 aromatic heterocycles. The van der Waals surface area contributed by atoms with Crippen LogP contribution < -0.4 is 0 Å². The topological polar surface area (TPSA) is 34.1 Å². The Morgan fingerprint density at radius 1 is 0.783 bits per heavy atom. The van der Waals surface area contributed by atoms with Gasteiger partial charge in [0.05, 0.1) is 0 Å². The van der Waals surface area contributed by atoms with Crippen molar-refractivity contribution in [3.63, 3.8) is 0 Å². The maximum absolute atomic E-state index is 12.4. The highest BCUT2D eigenvalue weighted by Crippen LogP contribution is 2.22. The highest BCUT2D eigenvalue weighted by molar-refractivity contribution is 5.97. The monoisotopic (exact) mass is 308 g/mol. The fourth-order valence-electron chi connectivity index (χ4n) is 2.51. The lowest BCUT2D eigenvalue weighted by molar-refractivity contribution is -0.116. The summed E-state index contributed by atoms with van der Waals surface area (Å²) in [4.78, 5) is 23.5. The van der Waals surface area contributed by atoms with Crippen molar-refractivity contribution < 1.29 is 9.59 Å². The Bertz CT molecular complexity index is 686. The molecule has 0 unspecified atom stereocenters. The van der Waals surface area contributed by atoms with Crippen molar-refractivity contribution in [3.05, 3.63) is 70.8 Å². The van der Waals surface area contributed by atoms with Crippen LogP contribution >= 0.6 is 0 Å². The lowest BCUT2D eigenvalue weighted by Crippen LogP contribution is -2.11. The van der Waals surface area contributed by atoms with Crippen molar-refractivity contribution in [2.75, 3.05) is 0 Å². The quantitative estimate of drug-likeness (QED) is 0.760. The highest BCUT2D eigenvalue weighted by atomic mass is 16.1. The van der Waals surface area contributed by atoms with E-state index in [9.17, 15) is 9.59 Å². The largest absolute Gasteiger partial charge is 0.300 e. The number of hydrogen-bond acceptors (Lipinski definition) is 2. The average Bonchev–Trinajstić information content (AvgIpc) is 2.47. The van der Waals surface area contributed by atoms with Crippen LogP contribution in [-0.4, -0.2) is 11.6 Å². The molecule has 2 rings (SSSR count). The van der Waals surface area contributed by atoms with Gasteiger partial charge in [-0.1, -0.05) is 69.3 Å². The molecule has 0 aliphatic rings. The van der Waals surface area contributed by atoms with E-state index >= 15 is 0 Å². The van der Waals surface area contributed by atoms with Gasteiger partial charge >= 0.3 is 0 Å². The molecule has 0 radical (unpaired) electrons. The Morgan fingerprint density at radius 2 is 1.26 bits per heavy atom. The Morgan fingerprint density at radius 3 is 1.74 bits per heavy atom. The molecule has 0 spiro atoms. The van der Waals surface area contributed by atoms with E-state index in [2.05, 4.69) is 32.9 Å². The third-order valence-electron chi connectivity index (χ3n) is 3.91. The van der Waals surface area contributed by atoms with E-state index in [0.717, 1.165) is 11.1 Å². The molecule has 2 aromatic carbocycles. The number of rotatable bonds is 5. The van der Waals surface area contributed by atoms with E-state index in [-0.39, 0.29) is 17.0 Å². The minimum atomic E-state index is 0.0999. The number of Topliss-reactive ketones (excluding diaryl/α,β-unsaturated/α-hetero) is 2. The second-order valence-corrected chi connectivity index (χ2v) is 7.12. The molecule has 120 valence electrons. The molecule has 0 saturated carbocycles. The summed E-state index contributed by atoms with van der Waals surface area (Å²) in [5.41, 5.74) is 4.05. The zero-order chi connectivity index (χ0) is 17.0. The van der Waals surface area contributed by atoms with Gasteiger partial charge in [-0.05, 0) is 29.0 Å². The van der Waals surface area contributed by atoms with Crippen LogP contribution in [0.2, 0.25) is 0 Å². The Labute approximate surface area is 138 Å². The summed E-state index contributed by atoms with van der Waals surface area (Å²) in [5, 5.41) is 0. The lowest BCUT2D eigenvalue weighted by atomic mass is 9.86. The molecule has 23 heavy (non-hydrogen) atoms. The van der Waals surface area contributed by atoms with Gasteiger partial charge in [0.25, 0.3) is 0 Å². The first-order valence-corrected chi connectivity index (χ1v) is 7.97. The number of carbonyl (C=O) groups excluding carboxylic acids is 2. The third kappa shape index (κ3) is 4.88. The summed E-state index contributed by atoms with van der Waals surface area (Å²) in [5.74, 6) is 0.228. The van der Waals surface area contributed by atoms with Crippen molar-refractivity contribution in [1.82, 2.24) is 0 Å². The van der Waals surface area contributed by atoms with Crippen LogP contribution in [-0.2, 0) is 23.1 Å². The minimum absolute atomic E-state index is 0.0999. The molecule has 2 nitrogen and oxygen atoms in total. The molecule has 0 fully saturated rings. The maximum atomic E-state index is 12.4. The molecule has 0 amide bonds. The lowest BCUT2D eigenvalue weighted by Gasteiger charge is -2.19. The van der Waals surface area contributed by atoms with Crippen molar-refractivity contribution >= 4 is 11.6 Å². The molecular formula is C21H24O2. The van der Waals surface area contributed by atoms with Gasteiger partial charge in [-0.25, -0.2) is 0 Å². The second kappa shape index (κ2) is 6.91.